The second kappa shape index (κ2) is 6.37. The number of fused-ring (bicyclic) bond motifs is 1. The summed E-state index contributed by atoms with van der Waals surface area (Å²) in [6.07, 6.45) is 7.17. The van der Waals surface area contributed by atoms with Crippen molar-refractivity contribution in [2.24, 2.45) is 5.73 Å². The summed E-state index contributed by atoms with van der Waals surface area (Å²) >= 11 is 6.12. The van der Waals surface area contributed by atoms with Gasteiger partial charge in [0.2, 0.25) is 0 Å². The van der Waals surface area contributed by atoms with E-state index in [4.69, 9.17) is 22.3 Å². The van der Waals surface area contributed by atoms with Gasteiger partial charge in [-0.15, -0.1) is 0 Å². The van der Waals surface area contributed by atoms with Crippen molar-refractivity contribution in [3.05, 3.63) is 29.0 Å². The second-order valence-electron chi connectivity index (χ2n) is 6.16. The molecule has 1 heterocycles. The Bertz CT molecular complexity index is 620. The van der Waals surface area contributed by atoms with Crippen LogP contribution in [0.2, 0.25) is 5.02 Å². The lowest BCUT2D eigenvalue weighted by atomic mass is 9.94. The number of imidazole rings is 1. The molecular formula is C17H24ClN3. The molecule has 0 bridgehead atoms. The highest BCUT2D eigenvalue weighted by Gasteiger charge is 2.27. The molecule has 4 heteroatoms. The van der Waals surface area contributed by atoms with Gasteiger partial charge in [0.25, 0.3) is 0 Å². The molecule has 0 spiro atoms. The standard InChI is InChI=1S/C17H24ClN3/c1-2-10-21-16-9-8-12(18)11-15(16)20-17(21)13-6-4-3-5-7-14(13)19/h8-9,11,13-14H,2-7,10,19H2,1H3. The molecule has 1 aliphatic rings. The second-order valence-corrected chi connectivity index (χ2v) is 6.60. The summed E-state index contributed by atoms with van der Waals surface area (Å²) in [7, 11) is 0. The number of nitrogens with two attached hydrogens (primary N) is 1. The molecule has 1 aromatic heterocycles. The Morgan fingerprint density at radius 2 is 2.10 bits per heavy atom. The number of hydrogen-bond acceptors (Lipinski definition) is 2. The first-order valence-corrected chi connectivity index (χ1v) is 8.49. The van der Waals surface area contributed by atoms with Crippen LogP contribution in [-0.2, 0) is 6.54 Å². The topological polar surface area (TPSA) is 43.8 Å². The molecule has 114 valence electrons. The van der Waals surface area contributed by atoms with Crippen molar-refractivity contribution in [1.82, 2.24) is 9.55 Å². The van der Waals surface area contributed by atoms with Gasteiger partial charge in [-0.05, 0) is 37.5 Å². The smallest absolute Gasteiger partial charge is 0.114 e. The maximum atomic E-state index is 6.45. The number of aromatic nitrogens is 2. The van der Waals surface area contributed by atoms with Crippen LogP contribution in [0.1, 0.15) is 57.2 Å². The van der Waals surface area contributed by atoms with E-state index < -0.39 is 0 Å². The van der Waals surface area contributed by atoms with E-state index >= 15 is 0 Å². The molecule has 1 saturated carbocycles. The molecular weight excluding hydrogens is 282 g/mol. The average Bonchev–Trinajstić information content (AvgIpc) is 2.65. The van der Waals surface area contributed by atoms with Gasteiger partial charge in [-0.1, -0.05) is 37.8 Å². The Balaban J connectivity index is 2.08. The van der Waals surface area contributed by atoms with Gasteiger partial charge in [0.15, 0.2) is 0 Å². The lowest BCUT2D eigenvalue weighted by Gasteiger charge is -2.22. The van der Waals surface area contributed by atoms with Gasteiger partial charge in [-0.2, -0.15) is 0 Å². The fraction of sp³-hybridized carbons (Fsp3) is 0.588. The highest BCUT2D eigenvalue weighted by atomic mass is 35.5. The number of hydrogen-bond donors (Lipinski definition) is 1. The molecule has 3 rings (SSSR count). The number of halogens is 1. The van der Waals surface area contributed by atoms with Crippen LogP contribution in [0.4, 0.5) is 0 Å². The van der Waals surface area contributed by atoms with Gasteiger partial charge in [-0.25, -0.2) is 4.98 Å². The van der Waals surface area contributed by atoms with Crippen molar-refractivity contribution in [3.8, 4) is 0 Å². The lowest BCUT2D eigenvalue weighted by Crippen LogP contribution is -2.29. The van der Waals surface area contributed by atoms with Crippen molar-refractivity contribution >= 4 is 22.6 Å². The summed E-state index contributed by atoms with van der Waals surface area (Å²) in [5.74, 6) is 1.55. The zero-order valence-corrected chi connectivity index (χ0v) is 13.4. The third-order valence-electron chi connectivity index (χ3n) is 4.59. The molecule has 21 heavy (non-hydrogen) atoms. The molecule has 2 aromatic rings. The van der Waals surface area contributed by atoms with E-state index in [2.05, 4.69) is 17.6 Å². The van der Waals surface area contributed by atoms with Gasteiger partial charge in [0, 0.05) is 23.5 Å². The third-order valence-corrected chi connectivity index (χ3v) is 4.82. The number of benzene rings is 1. The van der Waals surface area contributed by atoms with Gasteiger partial charge >= 0.3 is 0 Å². The van der Waals surface area contributed by atoms with Gasteiger partial charge < -0.3 is 10.3 Å². The Labute approximate surface area is 131 Å². The lowest BCUT2D eigenvalue weighted by molar-refractivity contribution is 0.463. The highest BCUT2D eigenvalue weighted by molar-refractivity contribution is 6.31. The van der Waals surface area contributed by atoms with Gasteiger partial charge in [0.1, 0.15) is 5.82 Å². The van der Waals surface area contributed by atoms with Crippen LogP contribution >= 0.6 is 11.6 Å². The van der Waals surface area contributed by atoms with Gasteiger partial charge in [0.05, 0.1) is 11.0 Å². The summed E-state index contributed by atoms with van der Waals surface area (Å²) in [6.45, 7) is 3.20. The molecule has 1 aliphatic carbocycles. The van der Waals surface area contributed by atoms with E-state index in [0.717, 1.165) is 36.3 Å². The maximum absolute atomic E-state index is 6.45. The van der Waals surface area contributed by atoms with E-state index in [0.29, 0.717) is 5.92 Å². The molecule has 1 fully saturated rings. The first kappa shape index (κ1) is 14.9. The summed E-state index contributed by atoms with van der Waals surface area (Å²) in [5, 5.41) is 0.750. The Kier molecular flexibility index (Phi) is 4.51. The zero-order valence-electron chi connectivity index (χ0n) is 12.7. The molecule has 0 aliphatic heterocycles. The number of nitrogens with zero attached hydrogens (tertiary/aromatic N) is 2. The van der Waals surface area contributed by atoms with Crippen LogP contribution in [0.3, 0.4) is 0 Å². The first-order chi connectivity index (χ1) is 10.2. The first-order valence-electron chi connectivity index (χ1n) is 8.12. The van der Waals surface area contributed by atoms with Crippen molar-refractivity contribution < 1.29 is 0 Å². The van der Waals surface area contributed by atoms with Crippen LogP contribution in [0.25, 0.3) is 11.0 Å². The fourth-order valence-electron chi connectivity index (χ4n) is 3.52. The molecule has 2 N–H and O–H groups in total. The van der Waals surface area contributed by atoms with E-state index in [1.165, 1.54) is 30.6 Å². The van der Waals surface area contributed by atoms with E-state index in [1.54, 1.807) is 0 Å². The molecule has 0 radical (unpaired) electrons. The molecule has 0 amide bonds. The predicted octanol–water partition coefficient (Wildman–Crippen LogP) is 4.47. The van der Waals surface area contributed by atoms with Crippen LogP contribution in [-0.4, -0.2) is 15.6 Å². The van der Waals surface area contributed by atoms with Crippen LogP contribution in [0, 0.1) is 0 Å². The molecule has 3 nitrogen and oxygen atoms in total. The average molecular weight is 306 g/mol. The Morgan fingerprint density at radius 1 is 1.29 bits per heavy atom. The number of aryl methyl sites for hydroxylation is 1. The fourth-order valence-corrected chi connectivity index (χ4v) is 3.69. The molecule has 2 atom stereocenters. The maximum Gasteiger partial charge on any atom is 0.114 e. The highest BCUT2D eigenvalue weighted by Crippen LogP contribution is 2.33. The van der Waals surface area contributed by atoms with E-state index in [1.807, 2.05) is 12.1 Å². The van der Waals surface area contributed by atoms with E-state index in [9.17, 15) is 0 Å². The third kappa shape index (κ3) is 2.95. The monoisotopic (exact) mass is 305 g/mol. The van der Waals surface area contributed by atoms with Crippen LogP contribution in [0.15, 0.2) is 18.2 Å². The van der Waals surface area contributed by atoms with Crippen LogP contribution < -0.4 is 5.73 Å². The predicted molar refractivity (Wildman–Crippen MR) is 88.8 cm³/mol. The SMILES string of the molecule is CCCn1c(C2CCCCCC2N)nc2cc(Cl)ccc21. The quantitative estimate of drug-likeness (QED) is 0.850. The summed E-state index contributed by atoms with van der Waals surface area (Å²) in [5.41, 5.74) is 8.64. The van der Waals surface area contributed by atoms with Crippen LogP contribution in [0.5, 0.6) is 0 Å². The number of rotatable bonds is 3. The normalized spacial score (nSPS) is 23.4. The summed E-state index contributed by atoms with van der Waals surface area (Å²) in [4.78, 5) is 4.91. The Hall–Kier alpha value is -1.06. The van der Waals surface area contributed by atoms with Crippen molar-refractivity contribution in [2.75, 3.05) is 0 Å². The molecule has 1 aromatic carbocycles. The Morgan fingerprint density at radius 3 is 2.90 bits per heavy atom. The van der Waals surface area contributed by atoms with E-state index in [-0.39, 0.29) is 6.04 Å². The molecule has 2 unspecified atom stereocenters. The largest absolute Gasteiger partial charge is 0.328 e. The zero-order chi connectivity index (χ0) is 14.8. The summed E-state index contributed by atoms with van der Waals surface area (Å²) < 4.78 is 2.36. The minimum absolute atomic E-state index is 0.232. The van der Waals surface area contributed by atoms with Crippen molar-refractivity contribution in [1.29, 1.82) is 0 Å². The van der Waals surface area contributed by atoms with Crippen molar-refractivity contribution in [3.63, 3.8) is 0 Å². The molecule has 0 saturated heterocycles. The van der Waals surface area contributed by atoms with Crippen molar-refractivity contribution in [2.45, 2.75) is 64.0 Å². The minimum atomic E-state index is 0.232. The summed E-state index contributed by atoms with van der Waals surface area (Å²) in [6, 6.07) is 6.24. The van der Waals surface area contributed by atoms with Gasteiger partial charge in [-0.3, -0.25) is 0 Å². The minimum Gasteiger partial charge on any atom is -0.328 e.